The standard InChI is InChI=1S/C23H24F4N4O2S.C2H4/c1-6-7-14(12-28)17(23(25,26)27)10-13(2)30-20(33)22(3,4)31(21(30)34)15-8-9-16(18(24)11-15)19(32)29-5;1-2/h7-11,13H,6H2,1-5H3,(H,29,32);1-2H2/b14-7-,17-10+;. The molecule has 1 atom stereocenters. The van der Waals surface area contributed by atoms with Crippen LogP contribution >= 0.6 is 12.2 Å². The van der Waals surface area contributed by atoms with Gasteiger partial charge in [-0.15, -0.1) is 13.2 Å². The third-order valence-corrected chi connectivity index (χ3v) is 5.70. The molecule has 1 aliphatic heterocycles. The van der Waals surface area contributed by atoms with Crippen molar-refractivity contribution in [3.8, 4) is 6.07 Å². The Morgan fingerprint density at radius 1 is 1.33 bits per heavy atom. The van der Waals surface area contributed by atoms with Crippen LogP contribution in [0.25, 0.3) is 0 Å². The maximum absolute atomic E-state index is 14.6. The van der Waals surface area contributed by atoms with Crippen LogP contribution in [-0.4, -0.2) is 46.6 Å². The molecule has 11 heteroatoms. The van der Waals surface area contributed by atoms with E-state index in [1.807, 2.05) is 0 Å². The molecule has 0 saturated carbocycles. The van der Waals surface area contributed by atoms with Crippen molar-refractivity contribution in [2.75, 3.05) is 11.9 Å². The van der Waals surface area contributed by atoms with Gasteiger partial charge in [-0.2, -0.15) is 18.4 Å². The third kappa shape index (κ3) is 5.99. The van der Waals surface area contributed by atoms with E-state index in [9.17, 15) is 32.4 Å². The lowest BCUT2D eigenvalue weighted by Crippen LogP contribution is -2.44. The summed E-state index contributed by atoms with van der Waals surface area (Å²) in [6.45, 7) is 12.0. The number of thiocarbonyl (C=S) groups is 1. The Bertz CT molecular complexity index is 1140. The van der Waals surface area contributed by atoms with Crippen LogP contribution < -0.4 is 10.2 Å². The minimum atomic E-state index is -4.83. The first-order chi connectivity index (χ1) is 16.7. The molecule has 0 spiro atoms. The molecule has 0 aliphatic carbocycles. The van der Waals surface area contributed by atoms with Crippen LogP contribution in [-0.2, 0) is 4.79 Å². The van der Waals surface area contributed by atoms with Gasteiger partial charge in [0.2, 0.25) is 0 Å². The first-order valence-corrected chi connectivity index (χ1v) is 11.2. The largest absolute Gasteiger partial charge is 0.417 e. The second-order valence-electron chi connectivity index (χ2n) is 8.05. The molecule has 1 saturated heterocycles. The molecule has 1 aliphatic rings. The summed E-state index contributed by atoms with van der Waals surface area (Å²) in [5.41, 5.74) is -3.13. The molecule has 6 nitrogen and oxygen atoms in total. The maximum Gasteiger partial charge on any atom is 0.417 e. The Morgan fingerprint density at radius 3 is 2.36 bits per heavy atom. The molecule has 36 heavy (non-hydrogen) atoms. The van der Waals surface area contributed by atoms with E-state index < -0.39 is 46.5 Å². The predicted octanol–water partition coefficient (Wildman–Crippen LogP) is 5.44. The quantitative estimate of drug-likeness (QED) is 0.176. The van der Waals surface area contributed by atoms with Crippen LogP contribution in [0, 0.1) is 17.1 Å². The molecular weight excluding hydrogens is 496 g/mol. The smallest absolute Gasteiger partial charge is 0.355 e. The molecule has 0 aromatic heterocycles. The number of hydrogen-bond acceptors (Lipinski definition) is 4. The first kappa shape index (κ1) is 30.5. The molecule has 1 fully saturated rings. The summed E-state index contributed by atoms with van der Waals surface area (Å²) in [7, 11) is 1.35. The van der Waals surface area contributed by atoms with Crippen LogP contribution in [0.5, 0.6) is 0 Å². The van der Waals surface area contributed by atoms with Gasteiger partial charge in [-0.1, -0.05) is 13.0 Å². The molecule has 1 N–H and O–H groups in total. The van der Waals surface area contributed by atoms with Crippen molar-refractivity contribution < 1.29 is 27.2 Å². The summed E-state index contributed by atoms with van der Waals surface area (Å²) in [6, 6.07) is 4.06. The van der Waals surface area contributed by atoms with Crippen molar-refractivity contribution >= 4 is 34.8 Å². The number of nitriles is 1. The van der Waals surface area contributed by atoms with E-state index in [4.69, 9.17) is 12.2 Å². The summed E-state index contributed by atoms with van der Waals surface area (Å²) in [5, 5.41) is 11.4. The molecule has 0 radical (unpaired) electrons. The number of nitrogens with one attached hydrogen (secondary N) is 1. The number of halogens is 4. The lowest BCUT2D eigenvalue weighted by atomic mass is 10.0. The highest BCUT2D eigenvalue weighted by atomic mass is 32.1. The number of carbonyl (C=O) groups is 2. The lowest BCUT2D eigenvalue weighted by Gasteiger charge is -2.29. The average molecular weight is 525 g/mol. The van der Waals surface area contributed by atoms with Gasteiger partial charge in [0.05, 0.1) is 28.8 Å². The Labute approximate surface area is 213 Å². The monoisotopic (exact) mass is 524 g/mol. The Balaban J connectivity index is 0.00000316. The number of nitrogens with zero attached hydrogens (tertiary/aromatic N) is 3. The number of benzene rings is 1. The molecule has 194 valence electrons. The fraction of sp³-hybridized carbons (Fsp3) is 0.360. The SMILES string of the molecule is C=C.CC/C=C(C#N)\C(=C/C(C)N1C(=O)C(C)(C)N(c2ccc(C(=O)NC)c(F)c2)C1=S)C(F)(F)F. The zero-order chi connectivity index (χ0) is 28.0. The topological polar surface area (TPSA) is 76.4 Å². The number of rotatable bonds is 6. The number of amides is 2. The zero-order valence-electron chi connectivity index (χ0n) is 20.7. The minimum Gasteiger partial charge on any atom is -0.355 e. The first-order valence-electron chi connectivity index (χ1n) is 10.8. The average Bonchev–Trinajstić information content (AvgIpc) is 2.99. The van der Waals surface area contributed by atoms with Gasteiger partial charge in [0.25, 0.3) is 11.8 Å². The molecule has 1 unspecified atom stereocenters. The number of anilines is 1. The number of alkyl halides is 3. The van der Waals surface area contributed by atoms with Crippen LogP contribution in [0.2, 0.25) is 0 Å². The van der Waals surface area contributed by atoms with Crippen molar-refractivity contribution in [2.45, 2.75) is 51.9 Å². The van der Waals surface area contributed by atoms with E-state index in [0.29, 0.717) is 0 Å². The third-order valence-electron chi connectivity index (χ3n) is 5.32. The maximum atomic E-state index is 14.6. The van der Waals surface area contributed by atoms with E-state index in [1.165, 1.54) is 44.9 Å². The summed E-state index contributed by atoms with van der Waals surface area (Å²) < 4.78 is 55.7. The molecular formula is C25H28F4N4O2S. The van der Waals surface area contributed by atoms with Gasteiger partial charge < -0.3 is 10.2 Å². The highest BCUT2D eigenvalue weighted by molar-refractivity contribution is 7.80. The van der Waals surface area contributed by atoms with Gasteiger partial charge in [-0.25, -0.2) is 4.39 Å². The van der Waals surface area contributed by atoms with Crippen LogP contribution in [0.4, 0.5) is 23.2 Å². The van der Waals surface area contributed by atoms with E-state index >= 15 is 0 Å². The van der Waals surface area contributed by atoms with Crippen LogP contribution in [0.1, 0.15) is 44.5 Å². The van der Waals surface area contributed by atoms with E-state index in [1.54, 1.807) is 13.0 Å². The van der Waals surface area contributed by atoms with Gasteiger partial charge in [0, 0.05) is 12.7 Å². The van der Waals surface area contributed by atoms with Crippen LogP contribution in [0.3, 0.4) is 0 Å². The fourth-order valence-corrected chi connectivity index (χ4v) is 4.23. The van der Waals surface area contributed by atoms with Crippen molar-refractivity contribution in [1.29, 1.82) is 5.26 Å². The predicted molar refractivity (Wildman–Crippen MR) is 135 cm³/mol. The second kappa shape index (κ2) is 11.9. The number of carbonyl (C=O) groups excluding carboxylic acids is 2. The Hall–Kier alpha value is -3.52. The summed E-state index contributed by atoms with van der Waals surface area (Å²) in [4.78, 5) is 27.3. The van der Waals surface area contributed by atoms with Crippen molar-refractivity contribution in [3.05, 3.63) is 66.0 Å². The van der Waals surface area contributed by atoms with Gasteiger partial charge in [0.15, 0.2) is 5.11 Å². The number of hydrogen-bond donors (Lipinski definition) is 1. The number of allylic oxidation sites excluding steroid dienone is 3. The van der Waals surface area contributed by atoms with Gasteiger partial charge in [-0.05, 0) is 63.7 Å². The van der Waals surface area contributed by atoms with Gasteiger partial charge in [0.1, 0.15) is 11.4 Å². The van der Waals surface area contributed by atoms with Gasteiger partial charge >= 0.3 is 6.18 Å². The van der Waals surface area contributed by atoms with Gasteiger partial charge in [-0.3, -0.25) is 14.5 Å². The Morgan fingerprint density at radius 2 is 1.92 bits per heavy atom. The Kier molecular flexibility index (Phi) is 10.1. The fourth-order valence-electron chi connectivity index (χ4n) is 3.65. The van der Waals surface area contributed by atoms with E-state index in [-0.39, 0.29) is 22.8 Å². The van der Waals surface area contributed by atoms with Crippen molar-refractivity contribution in [2.24, 2.45) is 0 Å². The second-order valence-corrected chi connectivity index (χ2v) is 8.42. The van der Waals surface area contributed by atoms with E-state index in [2.05, 4.69) is 18.5 Å². The molecule has 2 amide bonds. The van der Waals surface area contributed by atoms with Crippen molar-refractivity contribution in [3.63, 3.8) is 0 Å². The van der Waals surface area contributed by atoms with Crippen molar-refractivity contribution in [1.82, 2.24) is 10.2 Å². The van der Waals surface area contributed by atoms with E-state index in [0.717, 1.165) is 23.1 Å². The molecule has 0 bridgehead atoms. The van der Waals surface area contributed by atoms with Crippen LogP contribution in [0.15, 0.2) is 54.7 Å². The summed E-state index contributed by atoms with van der Waals surface area (Å²) >= 11 is 5.43. The molecule has 1 heterocycles. The minimum absolute atomic E-state index is 0.134. The summed E-state index contributed by atoms with van der Waals surface area (Å²) in [6.07, 6.45) is -2.68. The molecule has 2 rings (SSSR count). The molecule has 1 aromatic carbocycles. The lowest BCUT2D eigenvalue weighted by molar-refractivity contribution is -0.130. The molecule has 1 aromatic rings. The highest BCUT2D eigenvalue weighted by Crippen LogP contribution is 2.37. The summed E-state index contributed by atoms with van der Waals surface area (Å²) in [5.74, 6) is -2.09. The zero-order valence-corrected chi connectivity index (χ0v) is 21.5. The normalized spacial score (nSPS) is 16.8. The highest BCUT2D eigenvalue weighted by Gasteiger charge is 2.51.